The Morgan fingerprint density at radius 2 is 1.73 bits per heavy atom. The molecular weight excluding hydrogens is 336 g/mol. The van der Waals surface area contributed by atoms with E-state index >= 15 is 0 Å². The van der Waals surface area contributed by atoms with Gasteiger partial charge in [0, 0.05) is 23.6 Å². The molecule has 138 valence electrons. The van der Waals surface area contributed by atoms with E-state index in [2.05, 4.69) is 10.1 Å². The number of hydrogen-bond acceptors (Lipinski definition) is 5. The van der Waals surface area contributed by atoms with Crippen LogP contribution in [-0.2, 0) is 20.8 Å². The highest BCUT2D eigenvalue weighted by Crippen LogP contribution is 2.16. The summed E-state index contributed by atoms with van der Waals surface area (Å²) in [5, 5.41) is 2.60. The molecule has 1 aromatic carbocycles. The fourth-order valence-corrected chi connectivity index (χ4v) is 2.71. The monoisotopic (exact) mass is 358 g/mol. The number of nitrogens with one attached hydrogen (secondary N) is 1. The number of anilines is 1. The second kappa shape index (κ2) is 8.33. The van der Waals surface area contributed by atoms with Gasteiger partial charge in [-0.3, -0.25) is 4.79 Å². The van der Waals surface area contributed by atoms with Crippen molar-refractivity contribution in [3.05, 3.63) is 52.8 Å². The van der Waals surface area contributed by atoms with Crippen molar-refractivity contribution in [1.29, 1.82) is 0 Å². The van der Waals surface area contributed by atoms with Crippen molar-refractivity contribution >= 4 is 23.5 Å². The molecule has 0 aliphatic rings. The third kappa shape index (κ3) is 4.30. The topological polar surface area (TPSA) is 86.6 Å². The molecule has 0 spiro atoms. The van der Waals surface area contributed by atoms with E-state index < -0.39 is 24.5 Å². The minimum atomic E-state index is -0.533. The molecule has 1 aromatic heterocycles. The summed E-state index contributed by atoms with van der Waals surface area (Å²) in [6.07, 6.45) is 0. The molecule has 0 atom stereocenters. The number of esters is 2. The van der Waals surface area contributed by atoms with Crippen LogP contribution in [0.1, 0.15) is 39.0 Å². The lowest BCUT2D eigenvalue weighted by atomic mass is 10.2. The molecule has 7 nitrogen and oxygen atoms in total. The number of amides is 1. The maximum Gasteiger partial charge on any atom is 0.340 e. The number of ether oxygens (including phenoxy) is 2. The summed E-state index contributed by atoms with van der Waals surface area (Å²) >= 11 is 0. The van der Waals surface area contributed by atoms with Crippen molar-refractivity contribution in [1.82, 2.24) is 4.57 Å². The Bertz CT molecular complexity index is 821. The number of carbonyl (C=O) groups is 3. The molecule has 2 rings (SSSR count). The zero-order valence-electron chi connectivity index (χ0n) is 15.3. The Morgan fingerprint density at radius 3 is 2.27 bits per heavy atom. The van der Waals surface area contributed by atoms with Crippen LogP contribution in [-0.4, -0.2) is 36.1 Å². The predicted molar refractivity (Wildman–Crippen MR) is 96.3 cm³/mol. The van der Waals surface area contributed by atoms with Crippen LogP contribution in [0.5, 0.6) is 0 Å². The summed E-state index contributed by atoms with van der Waals surface area (Å²) in [7, 11) is 1.30. The van der Waals surface area contributed by atoms with Crippen molar-refractivity contribution in [3.8, 4) is 0 Å². The number of aromatic nitrogens is 1. The van der Waals surface area contributed by atoms with E-state index in [1.807, 2.05) is 25.3 Å². The van der Waals surface area contributed by atoms with Gasteiger partial charge in [-0.25, -0.2) is 9.59 Å². The predicted octanol–water partition coefficient (Wildman–Crippen LogP) is 2.71. The first-order valence-electron chi connectivity index (χ1n) is 8.19. The van der Waals surface area contributed by atoms with E-state index in [0.717, 1.165) is 17.9 Å². The zero-order valence-corrected chi connectivity index (χ0v) is 15.3. The number of carbonyl (C=O) groups excluding carboxylic acids is 3. The fourth-order valence-electron chi connectivity index (χ4n) is 2.71. The standard InChI is InChI=1S/C19H22N2O5/c1-5-21-12(2)10-16(13(21)3)19(24)26-11-17(22)20-15-8-6-14(7-9-15)18(23)25-4/h6-10H,5,11H2,1-4H3,(H,20,22). The molecule has 0 radical (unpaired) electrons. The average molecular weight is 358 g/mol. The van der Waals surface area contributed by atoms with Gasteiger partial charge in [-0.05, 0) is 51.1 Å². The summed E-state index contributed by atoms with van der Waals surface area (Å²) in [4.78, 5) is 35.5. The van der Waals surface area contributed by atoms with Crippen LogP contribution in [0.4, 0.5) is 5.69 Å². The van der Waals surface area contributed by atoms with Crippen LogP contribution < -0.4 is 5.32 Å². The van der Waals surface area contributed by atoms with Crippen LogP contribution in [0.15, 0.2) is 30.3 Å². The summed E-state index contributed by atoms with van der Waals surface area (Å²) in [6.45, 7) is 6.11. The minimum Gasteiger partial charge on any atom is -0.465 e. The number of nitrogens with zero attached hydrogens (tertiary/aromatic N) is 1. The highest BCUT2D eigenvalue weighted by Gasteiger charge is 2.17. The lowest BCUT2D eigenvalue weighted by Crippen LogP contribution is -2.21. The first-order valence-corrected chi connectivity index (χ1v) is 8.19. The Balaban J connectivity index is 1.92. The Hall–Kier alpha value is -3.09. The van der Waals surface area contributed by atoms with E-state index in [0.29, 0.717) is 16.8 Å². The molecule has 1 heterocycles. The van der Waals surface area contributed by atoms with Crippen LogP contribution in [0.2, 0.25) is 0 Å². The summed E-state index contributed by atoms with van der Waals surface area (Å²) in [5.41, 5.74) is 3.10. The molecule has 1 amide bonds. The molecule has 7 heteroatoms. The molecule has 0 fully saturated rings. The SMILES string of the molecule is CCn1c(C)cc(C(=O)OCC(=O)Nc2ccc(C(=O)OC)cc2)c1C. The second-order valence-electron chi connectivity index (χ2n) is 5.72. The van der Waals surface area contributed by atoms with E-state index in [9.17, 15) is 14.4 Å². The van der Waals surface area contributed by atoms with Gasteiger partial charge in [-0.15, -0.1) is 0 Å². The van der Waals surface area contributed by atoms with Gasteiger partial charge in [0.15, 0.2) is 6.61 Å². The van der Waals surface area contributed by atoms with E-state index in [1.54, 1.807) is 18.2 Å². The lowest BCUT2D eigenvalue weighted by Gasteiger charge is -2.08. The molecular formula is C19H22N2O5. The number of aryl methyl sites for hydroxylation is 1. The first kappa shape index (κ1) is 19.2. The number of benzene rings is 1. The smallest absolute Gasteiger partial charge is 0.340 e. The third-order valence-electron chi connectivity index (χ3n) is 4.03. The van der Waals surface area contributed by atoms with Crippen LogP contribution in [0.3, 0.4) is 0 Å². The quantitative estimate of drug-likeness (QED) is 0.803. The fraction of sp³-hybridized carbons (Fsp3) is 0.316. The Labute approximate surface area is 151 Å². The maximum atomic E-state index is 12.2. The van der Waals surface area contributed by atoms with E-state index in [4.69, 9.17) is 4.74 Å². The van der Waals surface area contributed by atoms with Gasteiger partial charge in [-0.2, -0.15) is 0 Å². The summed E-state index contributed by atoms with van der Waals surface area (Å²) in [6, 6.07) is 7.96. The first-order chi connectivity index (χ1) is 12.4. The van der Waals surface area contributed by atoms with Gasteiger partial charge >= 0.3 is 11.9 Å². The molecule has 0 saturated carbocycles. The van der Waals surface area contributed by atoms with Crippen molar-refractivity contribution in [2.45, 2.75) is 27.3 Å². The van der Waals surface area contributed by atoms with Gasteiger partial charge < -0.3 is 19.4 Å². The van der Waals surface area contributed by atoms with Gasteiger partial charge in [0.2, 0.25) is 0 Å². The molecule has 2 aromatic rings. The van der Waals surface area contributed by atoms with Crippen molar-refractivity contribution in [2.75, 3.05) is 19.0 Å². The highest BCUT2D eigenvalue weighted by atomic mass is 16.5. The van der Waals surface area contributed by atoms with Gasteiger partial charge in [0.25, 0.3) is 5.91 Å². The van der Waals surface area contributed by atoms with Crippen molar-refractivity contribution in [3.63, 3.8) is 0 Å². The van der Waals surface area contributed by atoms with Crippen LogP contribution >= 0.6 is 0 Å². The van der Waals surface area contributed by atoms with Crippen molar-refractivity contribution < 1.29 is 23.9 Å². The minimum absolute atomic E-state index is 0.378. The molecule has 26 heavy (non-hydrogen) atoms. The summed E-state index contributed by atoms with van der Waals surface area (Å²) < 4.78 is 11.7. The van der Waals surface area contributed by atoms with Gasteiger partial charge in [0.1, 0.15) is 0 Å². The molecule has 0 saturated heterocycles. The average Bonchev–Trinajstić information content (AvgIpc) is 2.93. The number of methoxy groups -OCH3 is 1. The van der Waals surface area contributed by atoms with Crippen LogP contribution in [0.25, 0.3) is 0 Å². The van der Waals surface area contributed by atoms with Crippen LogP contribution in [0, 0.1) is 13.8 Å². The number of hydrogen-bond donors (Lipinski definition) is 1. The Kier molecular flexibility index (Phi) is 6.16. The molecule has 0 bridgehead atoms. The van der Waals surface area contributed by atoms with E-state index in [1.165, 1.54) is 19.2 Å². The summed E-state index contributed by atoms with van der Waals surface area (Å²) in [5.74, 6) is -1.45. The van der Waals surface area contributed by atoms with Gasteiger partial charge in [0.05, 0.1) is 18.2 Å². The second-order valence-corrected chi connectivity index (χ2v) is 5.72. The lowest BCUT2D eigenvalue weighted by molar-refractivity contribution is -0.119. The van der Waals surface area contributed by atoms with E-state index in [-0.39, 0.29) is 0 Å². The Morgan fingerprint density at radius 1 is 1.08 bits per heavy atom. The zero-order chi connectivity index (χ0) is 19.3. The molecule has 0 aliphatic heterocycles. The highest BCUT2D eigenvalue weighted by molar-refractivity contribution is 5.96. The number of rotatable bonds is 6. The van der Waals surface area contributed by atoms with Crippen molar-refractivity contribution in [2.24, 2.45) is 0 Å². The molecule has 0 unspecified atom stereocenters. The largest absolute Gasteiger partial charge is 0.465 e. The normalized spacial score (nSPS) is 10.3. The van der Waals surface area contributed by atoms with Gasteiger partial charge in [-0.1, -0.05) is 0 Å². The molecule has 1 N–H and O–H groups in total. The third-order valence-corrected chi connectivity index (χ3v) is 4.03. The maximum absolute atomic E-state index is 12.2. The molecule has 0 aliphatic carbocycles.